The highest BCUT2D eigenvalue weighted by molar-refractivity contribution is 6.19. The summed E-state index contributed by atoms with van der Waals surface area (Å²) < 4.78 is 21.5. The zero-order valence-corrected chi connectivity index (χ0v) is 24.4. The Bertz CT molecular complexity index is 1260. The van der Waals surface area contributed by atoms with Gasteiger partial charge in [0.1, 0.15) is 24.2 Å². The molecule has 1 aliphatic rings. The molecule has 3 aromatic rings. The molecule has 0 bridgehead atoms. The number of hydrogen-bond acceptors (Lipinski definition) is 6. The molecule has 0 N–H and O–H groups in total. The number of alkyl halides is 1. The average molecular weight is 578 g/mol. The number of β-lactam (4-membered cyclic amide) rings is 1. The molecule has 8 heteroatoms. The largest absolute Gasteiger partial charge is 0.508 e. The number of nitrogens with zero attached hydrogens (tertiary/aromatic N) is 1. The second-order valence-corrected chi connectivity index (χ2v) is 10.4. The number of ether oxygens (including phenoxy) is 4. The number of amides is 1. The standard InChI is InChI=1S/C33H36ClNO6/c1-22(20-34)31-30(23(2)41-33(37)40-21-26-8-6-5-7-9-26)32(36)35(31)27(18-24-10-14-28(38-3)15-11-24)19-25-12-16-29(39-4)17-13-25/h5-17,23,27,30-31H,1,18-21H2,2-4H3/t23-,30-,31-/m1/s1. The van der Waals surface area contributed by atoms with Crippen LogP contribution in [0.15, 0.2) is 91.0 Å². The van der Waals surface area contributed by atoms with Crippen molar-refractivity contribution in [3.05, 3.63) is 108 Å². The molecule has 1 fully saturated rings. The number of benzene rings is 3. The van der Waals surface area contributed by atoms with Crippen LogP contribution in [0.5, 0.6) is 11.5 Å². The minimum absolute atomic E-state index is 0.0841. The topological polar surface area (TPSA) is 74.3 Å². The highest BCUT2D eigenvalue weighted by Crippen LogP contribution is 2.39. The van der Waals surface area contributed by atoms with Crippen LogP contribution in [0.3, 0.4) is 0 Å². The van der Waals surface area contributed by atoms with Crippen molar-refractivity contribution in [2.45, 2.75) is 44.6 Å². The van der Waals surface area contributed by atoms with Gasteiger partial charge < -0.3 is 23.8 Å². The smallest absolute Gasteiger partial charge is 0.497 e. The summed E-state index contributed by atoms with van der Waals surface area (Å²) in [5.41, 5.74) is 3.66. The first-order valence-corrected chi connectivity index (χ1v) is 14.1. The highest BCUT2D eigenvalue weighted by Gasteiger charge is 2.54. The number of hydrogen-bond donors (Lipinski definition) is 0. The van der Waals surface area contributed by atoms with E-state index in [1.165, 1.54) is 0 Å². The van der Waals surface area contributed by atoms with Crippen LogP contribution in [0.4, 0.5) is 4.79 Å². The fourth-order valence-corrected chi connectivity index (χ4v) is 5.40. The summed E-state index contributed by atoms with van der Waals surface area (Å²) in [5.74, 6) is 0.975. The first-order chi connectivity index (χ1) is 19.8. The number of carbonyl (C=O) groups is 2. The van der Waals surface area contributed by atoms with Gasteiger partial charge in [0.15, 0.2) is 0 Å². The van der Waals surface area contributed by atoms with Crippen molar-refractivity contribution in [1.82, 2.24) is 4.90 Å². The van der Waals surface area contributed by atoms with Gasteiger partial charge in [0.25, 0.3) is 0 Å². The van der Waals surface area contributed by atoms with E-state index in [2.05, 4.69) is 6.58 Å². The first kappa shape index (κ1) is 30.0. The number of methoxy groups -OCH3 is 2. The van der Waals surface area contributed by atoms with E-state index in [0.29, 0.717) is 18.4 Å². The lowest BCUT2D eigenvalue weighted by molar-refractivity contribution is -0.166. The summed E-state index contributed by atoms with van der Waals surface area (Å²) in [6.45, 7) is 5.97. The molecule has 4 rings (SSSR count). The lowest BCUT2D eigenvalue weighted by atomic mass is 9.77. The van der Waals surface area contributed by atoms with E-state index < -0.39 is 24.2 Å². The molecular formula is C33H36ClNO6. The quantitative estimate of drug-likeness (QED) is 0.104. The van der Waals surface area contributed by atoms with Gasteiger partial charge in [-0.25, -0.2) is 4.79 Å². The monoisotopic (exact) mass is 577 g/mol. The highest BCUT2D eigenvalue weighted by atomic mass is 35.5. The fourth-order valence-electron chi connectivity index (χ4n) is 5.24. The van der Waals surface area contributed by atoms with Gasteiger partial charge in [0, 0.05) is 11.9 Å². The SMILES string of the molecule is C=C(CCl)[C@@H]1[C@@H]([C@@H](C)OC(=O)OCc2ccccc2)C(=O)N1C(Cc1ccc(OC)cc1)Cc1ccc(OC)cc1. The van der Waals surface area contributed by atoms with E-state index in [1.807, 2.05) is 83.8 Å². The molecule has 41 heavy (non-hydrogen) atoms. The molecule has 0 saturated carbocycles. The molecule has 7 nitrogen and oxygen atoms in total. The van der Waals surface area contributed by atoms with Crippen molar-refractivity contribution in [3.8, 4) is 11.5 Å². The van der Waals surface area contributed by atoms with Gasteiger partial charge in [0.05, 0.1) is 26.2 Å². The summed E-state index contributed by atoms with van der Waals surface area (Å²) in [6, 6.07) is 24.4. The molecule has 216 valence electrons. The third-order valence-corrected chi connectivity index (χ3v) is 7.75. The summed E-state index contributed by atoms with van der Waals surface area (Å²) in [4.78, 5) is 28.1. The van der Waals surface area contributed by atoms with E-state index >= 15 is 0 Å². The maximum Gasteiger partial charge on any atom is 0.508 e. The van der Waals surface area contributed by atoms with Crippen molar-refractivity contribution in [1.29, 1.82) is 0 Å². The van der Waals surface area contributed by atoms with Crippen LogP contribution < -0.4 is 9.47 Å². The molecule has 1 aliphatic heterocycles. The molecule has 1 saturated heterocycles. The number of carbonyl (C=O) groups excluding carboxylic acids is 2. The fraction of sp³-hybridized carbons (Fsp3) is 0.333. The Morgan fingerprint density at radius 1 is 0.878 bits per heavy atom. The van der Waals surface area contributed by atoms with Gasteiger partial charge in [0.2, 0.25) is 5.91 Å². The molecule has 0 unspecified atom stereocenters. The molecule has 1 heterocycles. The lowest BCUT2D eigenvalue weighted by Crippen LogP contribution is -2.69. The average Bonchev–Trinajstić information content (AvgIpc) is 2.99. The minimum Gasteiger partial charge on any atom is -0.497 e. The Morgan fingerprint density at radius 2 is 1.41 bits per heavy atom. The maximum atomic E-state index is 13.8. The number of halogens is 1. The van der Waals surface area contributed by atoms with Crippen LogP contribution in [0.2, 0.25) is 0 Å². The molecular weight excluding hydrogens is 542 g/mol. The van der Waals surface area contributed by atoms with E-state index in [4.69, 9.17) is 30.5 Å². The summed E-state index contributed by atoms with van der Waals surface area (Å²) in [5, 5.41) is 0. The van der Waals surface area contributed by atoms with E-state index in [-0.39, 0.29) is 24.4 Å². The normalized spacial score (nSPS) is 17.0. The van der Waals surface area contributed by atoms with Gasteiger partial charge >= 0.3 is 6.16 Å². The molecule has 1 amide bonds. The Balaban J connectivity index is 1.52. The lowest BCUT2D eigenvalue weighted by Gasteiger charge is -2.53. The molecule has 3 atom stereocenters. The van der Waals surface area contributed by atoms with Crippen molar-refractivity contribution >= 4 is 23.7 Å². The van der Waals surface area contributed by atoms with Gasteiger partial charge in [-0.05, 0) is 66.3 Å². The summed E-state index contributed by atoms with van der Waals surface area (Å²) in [6.07, 6.45) is -0.338. The van der Waals surface area contributed by atoms with Crippen molar-refractivity contribution in [2.75, 3.05) is 20.1 Å². The van der Waals surface area contributed by atoms with Crippen molar-refractivity contribution < 1.29 is 28.5 Å². The van der Waals surface area contributed by atoms with E-state index in [1.54, 1.807) is 21.1 Å². The second-order valence-electron chi connectivity index (χ2n) is 10.1. The van der Waals surface area contributed by atoms with Crippen LogP contribution in [-0.2, 0) is 33.7 Å². The predicted octanol–water partition coefficient (Wildman–Crippen LogP) is 6.22. The molecule has 0 aromatic heterocycles. The molecule has 0 aliphatic carbocycles. The summed E-state index contributed by atoms with van der Waals surface area (Å²) in [7, 11) is 3.26. The third kappa shape index (κ3) is 7.41. The number of rotatable bonds is 13. The van der Waals surface area contributed by atoms with Crippen LogP contribution >= 0.6 is 11.6 Å². The van der Waals surface area contributed by atoms with Crippen molar-refractivity contribution in [3.63, 3.8) is 0 Å². The zero-order chi connectivity index (χ0) is 29.4. The minimum atomic E-state index is -0.823. The van der Waals surface area contributed by atoms with Gasteiger partial charge in [-0.2, -0.15) is 0 Å². The number of likely N-dealkylation sites (tertiary alicyclic amines) is 1. The zero-order valence-electron chi connectivity index (χ0n) is 23.6. The van der Waals surface area contributed by atoms with E-state index in [0.717, 1.165) is 28.2 Å². The van der Waals surface area contributed by atoms with Crippen LogP contribution in [0, 0.1) is 5.92 Å². The van der Waals surface area contributed by atoms with Gasteiger partial charge in [-0.1, -0.05) is 61.2 Å². The molecule has 0 radical (unpaired) electrons. The Morgan fingerprint density at radius 3 is 1.90 bits per heavy atom. The Kier molecular flexibility index (Phi) is 10.3. The van der Waals surface area contributed by atoms with E-state index in [9.17, 15) is 9.59 Å². The second kappa shape index (κ2) is 14.1. The van der Waals surface area contributed by atoms with Crippen LogP contribution in [0.1, 0.15) is 23.6 Å². The summed E-state index contributed by atoms with van der Waals surface area (Å²) >= 11 is 6.26. The van der Waals surface area contributed by atoms with Crippen LogP contribution in [0.25, 0.3) is 0 Å². The maximum absolute atomic E-state index is 13.8. The van der Waals surface area contributed by atoms with Gasteiger partial charge in [-0.15, -0.1) is 11.6 Å². The third-order valence-electron chi connectivity index (χ3n) is 7.41. The Hall–Kier alpha value is -3.97. The predicted molar refractivity (Wildman–Crippen MR) is 158 cm³/mol. The first-order valence-electron chi connectivity index (χ1n) is 13.5. The molecule has 3 aromatic carbocycles. The van der Waals surface area contributed by atoms with Crippen LogP contribution in [-0.4, -0.2) is 55.2 Å². The van der Waals surface area contributed by atoms with Crippen molar-refractivity contribution in [2.24, 2.45) is 5.92 Å². The Labute approximate surface area is 246 Å². The molecule has 0 spiro atoms. The van der Waals surface area contributed by atoms with Gasteiger partial charge in [-0.3, -0.25) is 4.79 Å².